The van der Waals surface area contributed by atoms with E-state index in [0.717, 1.165) is 43.8 Å². The number of aryl methyl sites for hydroxylation is 1. The molecule has 2 aliphatic heterocycles. The Balaban J connectivity index is 1.35. The van der Waals surface area contributed by atoms with E-state index in [0.29, 0.717) is 32.2 Å². The maximum Gasteiger partial charge on any atom is 0.410 e. The second-order valence-electron chi connectivity index (χ2n) is 9.23. The van der Waals surface area contributed by atoms with Crippen molar-refractivity contribution in [3.05, 3.63) is 23.8 Å². The lowest BCUT2D eigenvalue weighted by atomic mass is 10.0. The molecule has 0 spiro atoms. The fourth-order valence-corrected chi connectivity index (χ4v) is 3.87. The topological polar surface area (TPSA) is 71.1 Å². The van der Waals surface area contributed by atoms with Crippen LogP contribution in [0.3, 0.4) is 0 Å². The van der Waals surface area contributed by atoms with Crippen LogP contribution in [0.25, 0.3) is 0 Å². The molecule has 166 valence electrons. The van der Waals surface area contributed by atoms with Crippen LogP contribution in [0.5, 0.6) is 5.75 Å². The Morgan fingerprint density at radius 1 is 1.20 bits per heavy atom. The highest BCUT2D eigenvalue weighted by Crippen LogP contribution is 2.27. The molecule has 0 aliphatic carbocycles. The van der Waals surface area contributed by atoms with E-state index in [1.54, 1.807) is 0 Å². The number of fused-ring (bicyclic) bond motifs is 1. The summed E-state index contributed by atoms with van der Waals surface area (Å²) in [6.45, 7) is 11.8. The predicted molar refractivity (Wildman–Crippen MR) is 117 cm³/mol. The molecule has 2 amide bonds. The molecule has 3 rings (SSSR count). The zero-order valence-corrected chi connectivity index (χ0v) is 18.7. The quantitative estimate of drug-likeness (QED) is 0.715. The summed E-state index contributed by atoms with van der Waals surface area (Å²) < 4.78 is 11.4. The lowest BCUT2D eigenvalue weighted by molar-refractivity contribution is -0.116. The highest BCUT2D eigenvalue weighted by molar-refractivity contribution is 5.94. The predicted octanol–water partition coefficient (Wildman–Crippen LogP) is 3.67. The third-order valence-electron chi connectivity index (χ3n) is 5.50. The lowest BCUT2D eigenvalue weighted by Gasteiger charge is -2.40. The number of amides is 2. The Hall–Kier alpha value is -2.28. The van der Waals surface area contributed by atoms with Gasteiger partial charge in [-0.05, 0) is 65.1 Å². The van der Waals surface area contributed by atoms with Crippen molar-refractivity contribution in [2.75, 3.05) is 38.1 Å². The molecule has 1 atom stereocenters. The summed E-state index contributed by atoms with van der Waals surface area (Å²) in [6.07, 6.45) is 3.13. The molecule has 2 heterocycles. The number of hydrogen-bond acceptors (Lipinski definition) is 5. The molecule has 0 saturated carbocycles. The SMILES string of the molecule is CC1CN(C(=O)OC(C)(C)C)CCN1CCCCOc1ccc2c(c1)NC(=O)CC2. The summed E-state index contributed by atoms with van der Waals surface area (Å²) >= 11 is 0. The summed E-state index contributed by atoms with van der Waals surface area (Å²) in [5.41, 5.74) is 1.59. The minimum Gasteiger partial charge on any atom is -0.494 e. The number of rotatable bonds is 6. The summed E-state index contributed by atoms with van der Waals surface area (Å²) in [6, 6.07) is 6.26. The molecule has 1 saturated heterocycles. The first-order valence-electron chi connectivity index (χ1n) is 11.0. The molecule has 1 N–H and O–H groups in total. The first-order valence-corrected chi connectivity index (χ1v) is 11.0. The van der Waals surface area contributed by atoms with Crippen LogP contribution in [0, 0.1) is 0 Å². The molecular weight excluding hydrogens is 382 g/mol. The number of ether oxygens (including phenoxy) is 2. The van der Waals surface area contributed by atoms with Gasteiger partial charge in [-0.15, -0.1) is 0 Å². The van der Waals surface area contributed by atoms with Gasteiger partial charge in [0.05, 0.1) is 6.61 Å². The third kappa shape index (κ3) is 6.36. The third-order valence-corrected chi connectivity index (χ3v) is 5.50. The smallest absolute Gasteiger partial charge is 0.410 e. The van der Waals surface area contributed by atoms with E-state index in [4.69, 9.17) is 9.47 Å². The molecule has 2 aliphatic rings. The number of nitrogens with one attached hydrogen (secondary N) is 1. The van der Waals surface area contributed by atoms with Gasteiger partial charge in [-0.2, -0.15) is 0 Å². The summed E-state index contributed by atoms with van der Waals surface area (Å²) in [5, 5.41) is 2.91. The van der Waals surface area contributed by atoms with Gasteiger partial charge in [0.25, 0.3) is 0 Å². The van der Waals surface area contributed by atoms with Gasteiger partial charge in [0.15, 0.2) is 0 Å². The normalized spacial score (nSPS) is 19.8. The van der Waals surface area contributed by atoms with Crippen LogP contribution in [0.1, 0.15) is 52.5 Å². The van der Waals surface area contributed by atoms with Crippen LogP contribution in [0.15, 0.2) is 18.2 Å². The number of carbonyl (C=O) groups excluding carboxylic acids is 2. The Labute approximate surface area is 179 Å². The second-order valence-corrected chi connectivity index (χ2v) is 9.23. The average molecular weight is 418 g/mol. The van der Waals surface area contributed by atoms with E-state index in [9.17, 15) is 9.59 Å². The van der Waals surface area contributed by atoms with Crippen LogP contribution in [0.4, 0.5) is 10.5 Å². The van der Waals surface area contributed by atoms with E-state index < -0.39 is 5.60 Å². The van der Waals surface area contributed by atoms with Crippen molar-refractivity contribution in [3.63, 3.8) is 0 Å². The first-order chi connectivity index (χ1) is 14.2. The molecule has 0 radical (unpaired) electrons. The fourth-order valence-electron chi connectivity index (χ4n) is 3.87. The summed E-state index contributed by atoms with van der Waals surface area (Å²) in [7, 11) is 0. The van der Waals surface area contributed by atoms with Crippen molar-refractivity contribution in [1.82, 2.24) is 9.80 Å². The number of anilines is 1. The zero-order chi connectivity index (χ0) is 21.7. The summed E-state index contributed by atoms with van der Waals surface area (Å²) in [5.74, 6) is 0.871. The maximum absolute atomic E-state index is 12.3. The van der Waals surface area contributed by atoms with Crippen LogP contribution in [-0.4, -0.2) is 66.2 Å². The molecule has 1 unspecified atom stereocenters. The van der Waals surface area contributed by atoms with Crippen molar-refractivity contribution in [3.8, 4) is 5.75 Å². The van der Waals surface area contributed by atoms with Crippen LogP contribution in [-0.2, 0) is 16.0 Å². The van der Waals surface area contributed by atoms with Crippen LogP contribution >= 0.6 is 0 Å². The van der Waals surface area contributed by atoms with Gasteiger partial charge < -0.3 is 19.7 Å². The number of nitrogens with zero attached hydrogens (tertiary/aromatic N) is 2. The molecule has 7 heteroatoms. The minimum atomic E-state index is -0.457. The molecule has 0 aromatic heterocycles. The van der Waals surface area contributed by atoms with Crippen molar-refractivity contribution in [2.45, 2.75) is 65.0 Å². The number of carbonyl (C=O) groups is 2. The van der Waals surface area contributed by atoms with Gasteiger partial charge >= 0.3 is 6.09 Å². The monoisotopic (exact) mass is 417 g/mol. The Morgan fingerprint density at radius 3 is 2.73 bits per heavy atom. The molecule has 30 heavy (non-hydrogen) atoms. The lowest BCUT2D eigenvalue weighted by Crippen LogP contribution is -2.54. The molecule has 0 bridgehead atoms. The standard InChI is InChI=1S/C23H35N3O4/c1-17-16-26(22(28)30-23(2,3)4)13-12-25(17)11-5-6-14-29-19-9-7-18-8-10-21(27)24-20(18)15-19/h7,9,15,17H,5-6,8,10-14,16H2,1-4H3,(H,24,27). The largest absolute Gasteiger partial charge is 0.494 e. The van der Waals surface area contributed by atoms with Crippen LogP contribution in [0.2, 0.25) is 0 Å². The fraction of sp³-hybridized carbons (Fsp3) is 0.652. The van der Waals surface area contributed by atoms with E-state index in [2.05, 4.69) is 17.1 Å². The van der Waals surface area contributed by atoms with Crippen molar-refractivity contribution < 1.29 is 19.1 Å². The van der Waals surface area contributed by atoms with E-state index in [1.807, 2.05) is 43.9 Å². The number of hydrogen-bond donors (Lipinski definition) is 1. The van der Waals surface area contributed by atoms with Gasteiger partial charge in [0.2, 0.25) is 5.91 Å². The number of unbranched alkanes of at least 4 members (excludes halogenated alkanes) is 1. The number of benzene rings is 1. The van der Waals surface area contributed by atoms with Crippen molar-refractivity contribution >= 4 is 17.7 Å². The molecule has 7 nitrogen and oxygen atoms in total. The van der Waals surface area contributed by atoms with E-state index in [-0.39, 0.29) is 12.0 Å². The Kier molecular flexibility index (Phi) is 7.23. The van der Waals surface area contributed by atoms with Gasteiger partial charge in [0, 0.05) is 43.9 Å². The maximum atomic E-state index is 12.3. The Morgan fingerprint density at radius 2 is 2.00 bits per heavy atom. The van der Waals surface area contributed by atoms with Gasteiger partial charge in [-0.1, -0.05) is 6.07 Å². The van der Waals surface area contributed by atoms with Crippen LogP contribution < -0.4 is 10.1 Å². The molecule has 1 fully saturated rings. The van der Waals surface area contributed by atoms with Gasteiger partial charge in [-0.3, -0.25) is 9.69 Å². The Bertz CT molecular complexity index is 759. The van der Waals surface area contributed by atoms with Gasteiger partial charge in [0.1, 0.15) is 11.4 Å². The molecule has 1 aromatic rings. The first kappa shape index (κ1) is 22.4. The van der Waals surface area contributed by atoms with E-state index >= 15 is 0 Å². The van der Waals surface area contributed by atoms with Crippen molar-refractivity contribution in [2.24, 2.45) is 0 Å². The zero-order valence-electron chi connectivity index (χ0n) is 18.7. The van der Waals surface area contributed by atoms with Crippen molar-refractivity contribution in [1.29, 1.82) is 0 Å². The molecule has 1 aromatic carbocycles. The second kappa shape index (κ2) is 9.69. The average Bonchev–Trinajstić information content (AvgIpc) is 2.67. The minimum absolute atomic E-state index is 0.0699. The van der Waals surface area contributed by atoms with Gasteiger partial charge in [-0.25, -0.2) is 4.79 Å². The molecular formula is C23H35N3O4. The van der Waals surface area contributed by atoms with E-state index in [1.165, 1.54) is 5.56 Å². The summed E-state index contributed by atoms with van der Waals surface area (Å²) in [4.78, 5) is 28.0. The number of piperazine rings is 1. The highest BCUT2D eigenvalue weighted by Gasteiger charge is 2.29. The highest BCUT2D eigenvalue weighted by atomic mass is 16.6.